The average Bonchev–Trinajstić information content (AvgIpc) is 2.98. The molecule has 1 fully saturated rings. The molecule has 1 aliphatic rings. The van der Waals surface area contributed by atoms with E-state index in [4.69, 9.17) is 4.42 Å². The van der Waals surface area contributed by atoms with E-state index < -0.39 is 0 Å². The van der Waals surface area contributed by atoms with Crippen LogP contribution < -0.4 is 4.90 Å². The molecule has 3 aromatic rings. The van der Waals surface area contributed by atoms with Crippen LogP contribution in [0, 0.1) is 6.92 Å². The van der Waals surface area contributed by atoms with E-state index in [0.29, 0.717) is 5.89 Å². The number of benzene rings is 1. The van der Waals surface area contributed by atoms with Gasteiger partial charge in [-0.2, -0.15) is 0 Å². The number of hydrogen-bond donors (Lipinski definition) is 0. The Morgan fingerprint density at radius 1 is 1.09 bits per heavy atom. The molecule has 4 heteroatoms. The molecule has 0 spiro atoms. The molecule has 0 saturated carbocycles. The number of hydrogen-bond acceptors (Lipinski definition) is 4. The van der Waals surface area contributed by atoms with Gasteiger partial charge in [-0.3, -0.25) is 4.98 Å². The number of oxazole rings is 1. The monoisotopic (exact) mass is 293 g/mol. The summed E-state index contributed by atoms with van der Waals surface area (Å²) in [5.41, 5.74) is 5.10. The van der Waals surface area contributed by atoms with Gasteiger partial charge in [-0.05, 0) is 49.9 Å². The Hall–Kier alpha value is -2.36. The first kappa shape index (κ1) is 13.3. The third-order valence-corrected chi connectivity index (χ3v) is 4.27. The normalized spacial score (nSPS) is 15.4. The topological polar surface area (TPSA) is 42.2 Å². The van der Waals surface area contributed by atoms with Gasteiger partial charge in [0.15, 0.2) is 5.58 Å². The van der Waals surface area contributed by atoms with Crippen molar-refractivity contribution >= 4 is 16.8 Å². The van der Waals surface area contributed by atoms with Crippen LogP contribution in [-0.4, -0.2) is 23.1 Å². The molecule has 0 radical (unpaired) electrons. The molecule has 4 rings (SSSR count). The lowest BCUT2D eigenvalue weighted by Crippen LogP contribution is -2.29. The second-order valence-electron chi connectivity index (χ2n) is 5.93. The van der Waals surface area contributed by atoms with Gasteiger partial charge < -0.3 is 9.32 Å². The van der Waals surface area contributed by atoms with E-state index in [1.54, 1.807) is 0 Å². The van der Waals surface area contributed by atoms with Crippen LogP contribution >= 0.6 is 0 Å². The number of anilines is 1. The number of fused-ring (bicyclic) bond motifs is 1. The Kier molecular flexibility index (Phi) is 3.29. The maximum absolute atomic E-state index is 5.98. The average molecular weight is 293 g/mol. The molecule has 4 nitrogen and oxygen atoms in total. The Balaban J connectivity index is 1.80. The fraction of sp³-hybridized carbons (Fsp3) is 0.333. The Morgan fingerprint density at radius 2 is 1.95 bits per heavy atom. The SMILES string of the molecule is Cc1ccc2oc(-c3ccncc3N3CCCCC3)nc2c1. The van der Waals surface area contributed by atoms with E-state index in [1.165, 1.54) is 24.8 Å². The van der Waals surface area contributed by atoms with Crippen LogP contribution in [0.1, 0.15) is 24.8 Å². The molecular formula is C18H19N3O. The van der Waals surface area contributed by atoms with Gasteiger partial charge in [-0.1, -0.05) is 6.07 Å². The highest BCUT2D eigenvalue weighted by molar-refractivity contribution is 5.80. The molecule has 22 heavy (non-hydrogen) atoms. The fourth-order valence-corrected chi connectivity index (χ4v) is 3.11. The number of nitrogens with zero attached hydrogens (tertiary/aromatic N) is 3. The summed E-state index contributed by atoms with van der Waals surface area (Å²) in [5, 5.41) is 0. The zero-order valence-corrected chi connectivity index (χ0v) is 12.7. The van der Waals surface area contributed by atoms with Crippen molar-refractivity contribution in [1.29, 1.82) is 0 Å². The highest BCUT2D eigenvalue weighted by Crippen LogP contribution is 2.33. The van der Waals surface area contributed by atoms with Crippen LogP contribution in [0.4, 0.5) is 5.69 Å². The lowest BCUT2D eigenvalue weighted by molar-refractivity contribution is 0.575. The first-order chi connectivity index (χ1) is 10.8. The van der Waals surface area contributed by atoms with Crippen molar-refractivity contribution in [3.8, 4) is 11.5 Å². The molecule has 1 saturated heterocycles. The third-order valence-electron chi connectivity index (χ3n) is 4.27. The van der Waals surface area contributed by atoms with Crippen molar-refractivity contribution in [2.24, 2.45) is 0 Å². The molecular weight excluding hydrogens is 274 g/mol. The summed E-state index contributed by atoms with van der Waals surface area (Å²) in [6.45, 7) is 4.23. The molecule has 1 aromatic carbocycles. The number of piperidine rings is 1. The zero-order chi connectivity index (χ0) is 14.9. The smallest absolute Gasteiger partial charge is 0.229 e. The lowest BCUT2D eigenvalue weighted by atomic mass is 10.1. The van der Waals surface area contributed by atoms with Crippen LogP contribution in [0.2, 0.25) is 0 Å². The second-order valence-corrected chi connectivity index (χ2v) is 5.93. The van der Waals surface area contributed by atoms with Gasteiger partial charge in [0.1, 0.15) is 5.52 Å². The number of aryl methyl sites for hydroxylation is 1. The fourth-order valence-electron chi connectivity index (χ4n) is 3.11. The van der Waals surface area contributed by atoms with Gasteiger partial charge in [0.25, 0.3) is 0 Å². The predicted molar refractivity (Wildman–Crippen MR) is 88.0 cm³/mol. The van der Waals surface area contributed by atoms with E-state index in [1.807, 2.05) is 24.5 Å². The van der Waals surface area contributed by atoms with E-state index in [0.717, 1.165) is 35.4 Å². The van der Waals surface area contributed by atoms with Crippen molar-refractivity contribution < 1.29 is 4.42 Å². The Labute approximate surface area is 129 Å². The minimum absolute atomic E-state index is 0.684. The molecule has 3 heterocycles. The van der Waals surface area contributed by atoms with Crippen LogP contribution in [0.15, 0.2) is 41.1 Å². The summed E-state index contributed by atoms with van der Waals surface area (Å²) in [6, 6.07) is 8.10. The summed E-state index contributed by atoms with van der Waals surface area (Å²) in [4.78, 5) is 11.4. The molecule has 1 aliphatic heterocycles. The van der Waals surface area contributed by atoms with Crippen molar-refractivity contribution in [1.82, 2.24) is 9.97 Å². The van der Waals surface area contributed by atoms with Gasteiger partial charge in [0.05, 0.1) is 17.4 Å². The molecule has 2 aromatic heterocycles. The van der Waals surface area contributed by atoms with Gasteiger partial charge in [-0.25, -0.2) is 4.98 Å². The maximum Gasteiger partial charge on any atom is 0.229 e. The standard InChI is InChI=1S/C18H19N3O/c1-13-5-6-17-15(11-13)20-18(22-17)14-7-8-19-12-16(14)21-9-3-2-4-10-21/h5-8,11-12H,2-4,9-10H2,1H3. The van der Waals surface area contributed by atoms with E-state index in [9.17, 15) is 0 Å². The summed E-state index contributed by atoms with van der Waals surface area (Å²) in [7, 11) is 0. The molecule has 112 valence electrons. The number of pyridine rings is 1. The van der Waals surface area contributed by atoms with Crippen LogP contribution in [0.3, 0.4) is 0 Å². The summed E-state index contributed by atoms with van der Waals surface area (Å²) >= 11 is 0. The predicted octanol–water partition coefficient (Wildman–Crippen LogP) is 4.19. The highest BCUT2D eigenvalue weighted by Gasteiger charge is 2.18. The summed E-state index contributed by atoms with van der Waals surface area (Å²) < 4.78 is 5.98. The Bertz CT molecular complexity index is 803. The van der Waals surface area contributed by atoms with E-state index in [-0.39, 0.29) is 0 Å². The van der Waals surface area contributed by atoms with Crippen molar-refractivity contribution in [3.05, 3.63) is 42.2 Å². The highest BCUT2D eigenvalue weighted by atomic mass is 16.3. The van der Waals surface area contributed by atoms with Gasteiger partial charge in [-0.15, -0.1) is 0 Å². The summed E-state index contributed by atoms with van der Waals surface area (Å²) in [5.74, 6) is 0.684. The Morgan fingerprint density at radius 3 is 2.82 bits per heavy atom. The largest absolute Gasteiger partial charge is 0.436 e. The van der Waals surface area contributed by atoms with Gasteiger partial charge >= 0.3 is 0 Å². The second kappa shape index (κ2) is 5.44. The van der Waals surface area contributed by atoms with Gasteiger partial charge in [0, 0.05) is 19.3 Å². The molecule has 0 aliphatic carbocycles. The molecule has 0 unspecified atom stereocenters. The molecule has 0 atom stereocenters. The molecule has 0 N–H and O–H groups in total. The van der Waals surface area contributed by atoms with Crippen LogP contribution in [-0.2, 0) is 0 Å². The molecule has 0 amide bonds. The first-order valence-corrected chi connectivity index (χ1v) is 7.88. The van der Waals surface area contributed by atoms with E-state index in [2.05, 4.69) is 33.9 Å². The lowest BCUT2D eigenvalue weighted by Gasteiger charge is -2.29. The molecule has 0 bridgehead atoms. The quantitative estimate of drug-likeness (QED) is 0.710. The summed E-state index contributed by atoms with van der Waals surface area (Å²) in [6.07, 6.45) is 7.53. The minimum atomic E-state index is 0.684. The zero-order valence-electron chi connectivity index (χ0n) is 12.7. The van der Waals surface area contributed by atoms with Crippen LogP contribution in [0.25, 0.3) is 22.6 Å². The first-order valence-electron chi connectivity index (χ1n) is 7.88. The third kappa shape index (κ3) is 2.34. The number of rotatable bonds is 2. The van der Waals surface area contributed by atoms with Crippen molar-refractivity contribution in [2.45, 2.75) is 26.2 Å². The minimum Gasteiger partial charge on any atom is -0.436 e. The van der Waals surface area contributed by atoms with Crippen molar-refractivity contribution in [3.63, 3.8) is 0 Å². The van der Waals surface area contributed by atoms with Crippen LogP contribution in [0.5, 0.6) is 0 Å². The number of aromatic nitrogens is 2. The van der Waals surface area contributed by atoms with Crippen molar-refractivity contribution in [2.75, 3.05) is 18.0 Å². The van der Waals surface area contributed by atoms with E-state index >= 15 is 0 Å². The maximum atomic E-state index is 5.98. The van der Waals surface area contributed by atoms with Gasteiger partial charge in [0.2, 0.25) is 5.89 Å².